The van der Waals surface area contributed by atoms with E-state index in [0.717, 1.165) is 18.6 Å². The van der Waals surface area contributed by atoms with E-state index in [0.29, 0.717) is 32.5 Å². The molecule has 1 rings (SSSR count). The summed E-state index contributed by atoms with van der Waals surface area (Å²) in [5.41, 5.74) is 6.81. The quantitative estimate of drug-likeness (QED) is 0.317. The highest BCUT2D eigenvalue weighted by molar-refractivity contribution is 5.95. The number of amides is 1. The smallest absolute Gasteiger partial charge is 0.271 e. The number of hydrogen-bond acceptors (Lipinski definition) is 6. The molecule has 1 fully saturated rings. The minimum atomic E-state index is -0.193. The number of carbonyl (C=O) groups excluding carboxylic acids is 1. The standard InChI is InChI=1S/C15H25N5O2/c1-4-5-13-10-12(19-22-9-7-17-2)6-8-20(13)15(21)14(16)11-18-3/h11,13H,2-10,16H2,1H3/b14-11-,19-12-/t13-/m0/s1. The number of carbonyl (C=O) groups is 1. The Labute approximate surface area is 131 Å². The van der Waals surface area contributed by atoms with Crippen molar-refractivity contribution in [2.24, 2.45) is 20.9 Å². The molecule has 0 aromatic heterocycles. The van der Waals surface area contributed by atoms with Gasteiger partial charge in [0.2, 0.25) is 0 Å². The average molecular weight is 307 g/mol. The van der Waals surface area contributed by atoms with Crippen molar-refractivity contribution in [2.45, 2.75) is 38.6 Å². The first-order valence-electron chi connectivity index (χ1n) is 7.46. The molecular weight excluding hydrogens is 282 g/mol. The third kappa shape index (κ3) is 5.31. The molecule has 1 atom stereocenters. The van der Waals surface area contributed by atoms with Gasteiger partial charge in [0.05, 0.1) is 18.5 Å². The molecule has 22 heavy (non-hydrogen) atoms. The molecule has 7 heteroatoms. The van der Waals surface area contributed by atoms with E-state index in [4.69, 9.17) is 10.6 Å². The normalized spacial score (nSPS) is 20.8. The molecule has 1 amide bonds. The largest absolute Gasteiger partial charge is 0.394 e. The fourth-order valence-electron chi connectivity index (χ4n) is 2.42. The lowest BCUT2D eigenvalue weighted by molar-refractivity contribution is -0.129. The summed E-state index contributed by atoms with van der Waals surface area (Å²) in [7, 11) is 0. The van der Waals surface area contributed by atoms with Crippen LogP contribution in [-0.2, 0) is 9.63 Å². The van der Waals surface area contributed by atoms with Gasteiger partial charge in [-0.2, -0.15) is 0 Å². The summed E-state index contributed by atoms with van der Waals surface area (Å²) in [6, 6.07) is 0.0860. The third-order valence-corrected chi connectivity index (χ3v) is 3.45. The Hall–Kier alpha value is -2.18. The van der Waals surface area contributed by atoms with Gasteiger partial charge in [0.15, 0.2) is 0 Å². The summed E-state index contributed by atoms with van der Waals surface area (Å²) in [5, 5.41) is 4.14. The van der Waals surface area contributed by atoms with Gasteiger partial charge in [0.25, 0.3) is 5.91 Å². The SMILES string of the molecule is C=N/C=C(\N)C(=O)N1CC/C(=N/OCCN=C)C[C@@H]1CCC. The molecule has 0 aromatic carbocycles. The van der Waals surface area contributed by atoms with Crippen molar-refractivity contribution in [1.82, 2.24) is 4.90 Å². The molecule has 0 bridgehead atoms. The van der Waals surface area contributed by atoms with Crippen LogP contribution in [0.15, 0.2) is 27.0 Å². The fraction of sp³-hybridized carbons (Fsp3) is 0.600. The highest BCUT2D eigenvalue weighted by Crippen LogP contribution is 2.21. The molecule has 1 aliphatic heterocycles. The average Bonchev–Trinajstić information content (AvgIpc) is 2.52. The van der Waals surface area contributed by atoms with Crippen molar-refractivity contribution in [1.29, 1.82) is 0 Å². The number of aliphatic imine (C=N–C) groups is 2. The first-order valence-corrected chi connectivity index (χ1v) is 7.46. The van der Waals surface area contributed by atoms with Gasteiger partial charge >= 0.3 is 0 Å². The van der Waals surface area contributed by atoms with Crippen LogP contribution in [0.3, 0.4) is 0 Å². The van der Waals surface area contributed by atoms with Crippen molar-refractivity contribution in [3.05, 3.63) is 11.9 Å². The first-order chi connectivity index (χ1) is 10.6. The van der Waals surface area contributed by atoms with Gasteiger partial charge in [-0.05, 0) is 19.9 Å². The van der Waals surface area contributed by atoms with Gasteiger partial charge in [-0.15, -0.1) is 0 Å². The molecule has 0 aromatic rings. The van der Waals surface area contributed by atoms with Crippen LogP contribution in [0, 0.1) is 0 Å². The van der Waals surface area contributed by atoms with Gasteiger partial charge in [-0.1, -0.05) is 18.5 Å². The Morgan fingerprint density at radius 1 is 1.55 bits per heavy atom. The van der Waals surface area contributed by atoms with E-state index in [1.54, 1.807) is 4.90 Å². The van der Waals surface area contributed by atoms with Crippen LogP contribution in [0.2, 0.25) is 0 Å². The molecular formula is C15H25N5O2. The van der Waals surface area contributed by atoms with Crippen molar-refractivity contribution < 1.29 is 9.63 Å². The zero-order valence-corrected chi connectivity index (χ0v) is 13.2. The molecule has 0 aliphatic carbocycles. The van der Waals surface area contributed by atoms with Gasteiger partial charge in [-0.25, -0.2) is 0 Å². The summed E-state index contributed by atoms with van der Waals surface area (Å²) >= 11 is 0. The maximum absolute atomic E-state index is 12.3. The zero-order chi connectivity index (χ0) is 16.4. The summed E-state index contributed by atoms with van der Waals surface area (Å²) in [4.78, 5) is 26.6. The van der Waals surface area contributed by atoms with Gasteiger partial charge < -0.3 is 15.5 Å². The number of oxime groups is 1. The summed E-state index contributed by atoms with van der Waals surface area (Å²) < 4.78 is 0. The Morgan fingerprint density at radius 2 is 2.32 bits per heavy atom. The van der Waals surface area contributed by atoms with E-state index < -0.39 is 0 Å². The van der Waals surface area contributed by atoms with Crippen molar-refractivity contribution in [2.75, 3.05) is 19.7 Å². The Kier molecular flexibility index (Phi) is 7.88. The maximum atomic E-state index is 12.3. The molecule has 0 saturated carbocycles. The highest BCUT2D eigenvalue weighted by Gasteiger charge is 2.30. The first kappa shape index (κ1) is 17.9. The molecule has 1 saturated heterocycles. The highest BCUT2D eigenvalue weighted by atomic mass is 16.6. The van der Waals surface area contributed by atoms with Gasteiger partial charge in [-0.3, -0.25) is 14.8 Å². The molecule has 7 nitrogen and oxygen atoms in total. The van der Waals surface area contributed by atoms with Crippen LogP contribution in [0.25, 0.3) is 0 Å². The lowest BCUT2D eigenvalue weighted by Gasteiger charge is -2.36. The second kappa shape index (κ2) is 9.70. The van der Waals surface area contributed by atoms with E-state index >= 15 is 0 Å². The number of nitrogens with zero attached hydrogens (tertiary/aromatic N) is 4. The van der Waals surface area contributed by atoms with Crippen LogP contribution >= 0.6 is 0 Å². The van der Waals surface area contributed by atoms with Crippen LogP contribution < -0.4 is 5.73 Å². The molecule has 0 unspecified atom stereocenters. The molecule has 122 valence electrons. The number of piperidine rings is 1. The Bertz CT molecular complexity index is 459. The minimum absolute atomic E-state index is 0.0860. The fourth-order valence-corrected chi connectivity index (χ4v) is 2.42. The molecule has 2 N–H and O–H groups in total. The van der Waals surface area contributed by atoms with Crippen molar-refractivity contribution in [3.8, 4) is 0 Å². The monoisotopic (exact) mass is 307 g/mol. The van der Waals surface area contributed by atoms with E-state index in [9.17, 15) is 4.79 Å². The number of likely N-dealkylation sites (tertiary alicyclic amines) is 1. The van der Waals surface area contributed by atoms with E-state index in [1.807, 2.05) is 0 Å². The summed E-state index contributed by atoms with van der Waals surface area (Å²) in [6.45, 7) is 10.3. The minimum Gasteiger partial charge on any atom is -0.394 e. The second-order valence-electron chi connectivity index (χ2n) is 5.10. The number of hydrogen-bond donors (Lipinski definition) is 1. The Balaban J connectivity index is 2.70. The van der Waals surface area contributed by atoms with Crippen LogP contribution in [0.5, 0.6) is 0 Å². The predicted octanol–water partition coefficient (Wildman–Crippen LogP) is 1.35. The third-order valence-electron chi connectivity index (χ3n) is 3.45. The lowest BCUT2D eigenvalue weighted by atomic mass is 9.96. The zero-order valence-electron chi connectivity index (χ0n) is 13.2. The van der Waals surface area contributed by atoms with Gasteiger partial charge in [0, 0.05) is 25.4 Å². The topological polar surface area (TPSA) is 92.6 Å². The molecule has 0 spiro atoms. The molecule has 1 heterocycles. The summed E-state index contributed by atoms with van der Waals surface area (Å²) in [5.74, 6) is -0.193. The van der Waals surface area contributed by atoms with Crippen LogP contribution in [0.4, 0.5) is 0 Å². The van der Waals surface area contributed by atoms with Crippen molar-refractivity contribution >= 4 is 25.1 Å². The van der Waals surface area contributed by atoms with Crippen LogP contribution in [0.1, 0.15) is 32.6 Å². The van der Waals surface area contributed by atoms with Gasteiger partial charge in [0.1, 0.15) is 12.3 Å². The predicted molar refractivity (Wildman–Crippen MR) is 89.3 cm³/mol. The van der Waals surface area contributed by atoms with E-state index in [-0.39, 0.29) is 17.6 Å². The molecule has 1 aliphatic rings. The van der Waals surface area contributed by atoms with E-state index in [2.05, 4.69) is 35.5 Å². The number of rotatable bonds is 8. The second-order valence-corrected chi connectivity index (χ2v) is 5.10. The lowest BCUT2D eigenvalue weighted by Crippen LogP contribution is -2.47. The van der Waals surface area contributed by atoms with E-state index in [1.165, 1.54) is 6.20 Å². The maximum Gasteiger partial charge on any atom is 0.271 e. The molecule has 0 radical (unpaired) electrons. The Morgan fingerprint density at radius 3 is 2.95 bits per heavy atom. The number of nitrogens with two attached hydrogens (primary N) is 1. The van der Waals surface area contributed by atoms with Crippen LogP contribution in [-0.4, -0.2) is 55.7 Å². The summed E-state index contributed by atoms with van der Waals surface area (Å²) in [6.07, 6.45) is 4.55. The van der Waals surface area contributed by atoms with Crippen molar-refractivity contribution in [3.63, 3.8) is 0 Å².